The average molecular weight is 766 g/mol. The van der Waals surface area contributed by atoms with Crippen LogP contribution in [0.2, 0.25) is 0 Å². The van der Waals surface area contributed by atoms with Gasteiger partial charge in [-0.25, -0.2) is 22.2 Å². The van der Waals surface area contributed by atoms with Crippen molar-refractivity contribution in [1.82, 2.24) is 25.2 Å². The van der Waals surface area contributed by atoms with Gasteiger partial charge in [0.15, 0.2) is 11.3 Å². The van der Waals surface area contributed by atoms with Gasteiger partial charge in [-0.2, -0.15) is 0 Å². The number of amides is 4. The van der Waals surface area contributed by atoms with E-state index in [1.54, 1.807) is 0 Å². The Kier molecular flexibility index (Phi) is 10.1. The van der Waals surface area contributed by atoms with Crippen LogP contribution in [-0.2, 0) is 29.2 Å². The van der Waals surface area contributed by atoms with Gasteiger partial charge in [0.1, 0.15) is 40.4 Å². The van der Waals surface area contributed by atoms with Crippen molar-refractivity contribution in [1.29, 1.82) is 0 Å². The van der Waals surface area contributed by atoms with E-state index in [1.165, 1.54) is 48.2 Å². The molecule has 3 fully saturated rings. The van der Waals surface area contributed by atoms with Crippen molar-refractivity contribution < 1.29 is 45.5 Å². The summed E-state index contributed by atoms with van der Waals surface area (Å²) in [6.07, 6.45) is 7.53. The molecular weight excluding hydrogens is 725 g/mol. The number of nitrogens with one attached hydrogen (secondary N) is 3. The summed E-state index contributed by atoms with van der Waals surface area (Å²) in [6.45, 7) is 2.75. The standard InChI is InChI=1S/C38H41F2N5O8S/c1-3-4-5-6-7-8-22-18-38(22,37(49)44-54(50,51)26-11-12-26)43-36(48)30-17-25(20-45(30)32(47)19-41-21(2)46)52-34-27-15-23(39)9-13-29(27)42-33-28-16-24(40)10-14-31(28)53-35(33)34/h7-10,13-16,22,25-26,30H,3-6,11-12,17-20H2,1-2H3,(H,41,46)(H,43,48)(H,44,49)/b8-7-/t22-,25-,30+,38-/m1/s1. The number of benzene rings is 2. The number of sulfonamides is 1. The Bertz CT molecular complexity index is 2310. The number of allylic oxidation sites excluding steroid dienone is 1. The van der Waals surface area contributed by atoms with Crippen molar-refractivity contribution in [2.45, 2.75) is 88.1 Å². The molecule has 7 rings (SSSR count). The summed E-state index contributed by atoms with van der Waals surface area (Å²) >= 11 is 0. The lowest BCUT2D eigenvalue weighted by Crippen LogP contribution is -2.57. The van der Waals surface area contributed by atoms with Crippen LogP contribution in [-0.4, -0.2) is 78.0 Å². The molecule has 0 unspecified atom stereocenters. The van der Waals surface area contributed by atoms with Crippen molar-refractivity contribution in [2.24, 2.45) is 5.92 Å². The van der Waals surface area contributed by atoms with Crippen LogP contribution in [0, 0.1) is 17.6 Å². The van der Waals surface area contributed by atoms with E-state index in [0.717, 1.165) is 25.7 Å². The summed E-state index contributed by atoms with van der Waals surface area (Å²) in [7, 11) is -3.94. The van der Waals surface area contributed by atoms with Crippen LogP contribution in [0.4, 0.5) is 8.78 Å². The molecule has 1 saturated heterocycles. The largest absolute Gasteiger partial charge is 0.484 e. The number of likely N-dealkylation sites (tertiary alicyclic amines) is 1. The number of pyridine rings is 1. The van der Waals surface area contributed by atoms with E-state index in [0.29, 0.717) is 29.3 Å². The van der Waals surface area contributed by atoms with Gasteiger partial charge in [0.25, 0.3) is 5.91 Å². The number of carbonyl (C=O) groups is 4. The van der Waals surface area contributed by atoms with Crippen LogP contribution >= 0.6 is 0 Å². The maximum absolute atomic E-state index is 14.6. The second-order valence-electron chi connectivity index (χ2n) is 14.3. The van der Waals surface area contributed by atoms with Gasteiger partial charge < -0.3 is 24.7 Å². The number of hydrogen-bond donors (Lipinski definition) is 3. The highest BCUT2D eigenvalue weighted by Crippen LogP contribution is 2.46. The molecule has 0 radical (unpaired) electrons. The number of aromatic nitrogens is 1. The fraction of sp³-hybridized carbons (Fsp3) is 0.447. The Hall–Kier alpha value is -5.12. The van der Waals surface area contributed by atoms with E-state index in [9.17, 15) is 36.4 Å². The van der Waals surface area contributed by atoms with E-state index in [1.807, 2.05) is 12.2 Å². The Balaban J connectivity index is 1.20. The van der Waals surface area contributed by atoms with Gasteiger partial charge in [-0.1, -0.05) is 31.9 Å². The highest BCUT2D eigenvalue weighted by molar-refractivity contribution is 7.91. The zero-order valence-electron chi connectivity index (χ0n) is 29.8. The maximum Gasteiger partial charge on any atom is 0.259 e. The molecule has 2 aliphatic carbocycles. The maximum atomic E-state index is 14.6. The second kappa shape index (κ2) is 14.6. The monoisotopic (exact) mass is 765 g/mol. The van der Waals surface area contributed by atoms with Crippen LogP contribution in [0.25, 0.3) is 33.0 Å². The molecule has 3 N–H and O–H groups in total. The molecule has 54 heavy (non-hydrogen) atoms. The number of nitrogens with zero attached hydrogens (tertiary/aromatic N) is 2. The van der Waals surface area contributed by atoms with E-state index >= 15 is 0 Å². The van der Waals surface area contributed by atoms with E-state index < -0.39 is 80.7 Å². The summed E-state index contributed by atoms with van der Waals surface area (Å²) in [4.78, 5) is 59.0. The molecule has 1 aliphatic heterocycles. The predicted octanol–water partition coefficient (Wildman–Crippen LogP) is 4.52. The van der Waals surface area contributed by atoms with Crippen molar-refractivity contribution in [3.63, 3.8) is 0 Å². The minimum absolute atomic E-state index is 0.0722. The summed E-state index contributed by atoms with van der Waals surface area (Å²) < 4.78 is 69.3. The third-order valence-electron chi connectivity index (χ3n) is 10.2. The smallest absolute Gasteiger partial charge is 0.259 e. The number of halogens is 2. The highest BCUT2D eigenvalue weighted by Gasteiger charge is 2.62. The van der Waals surface area contributed by atoms with E-state index in [-0.39, 0.29) is 41.6 Å². The lowest BCUT2D eigenvalue weighted by molar-refractivity contribution is -0.139. The lowest BCUT2D eigenvalue weighted by atomic mass is 10.1. The Morgan fingerprint density at radius 3 is 2.54 bits per heavy atom. The van der Waals surface area contributed by atoms with Gasteiger partial charge in [-0.05, 0) is 68.5 Å². The number of carbonyl (C=O) groups excluding carboxylic acids is 4. The second-order valence-corrected chi connectivity index (χ2v) is 16.3. The van der Waals surface area contributed by atoms with E-state index in [2.05, 4.69) is 27.3 Å². The Morgan fingerprint density at radius 1 is 1.07 bits per heavy atom. The van der Waals surface area contributed by atoms with E-state index in [4.69, 9.17) is 9.15 Å². The van der Waals surface area contributed by atoms with Crippen LogP contribution in [0.1, 0.15) is 65.2 Å². The van der Waals surface area contributed by atoms with Gasteiger partial charge in [-0.3, -0.25) is 23.9 Å². The molecule has 286 valence electrons. The van der Waals surface area contributed by atoms with Crippen LogP contribution < -0.4 is 20.1 Å². The van der Waals surface area contributed by atoms with Crippen molar-refractivity contribution in [2.75, 3.05) is 13.1 Å². The molecular formula is C38H41F2N5O8S. The van der Waals surface area contributed by atoms with Crippen molar-refractivity contribution in [3.8, 4) is 5.75 Å². The fourth-order valence-corrected chi connectivity index (χ4v) is 8.45. The first kappa shape index (κ1) is 37.2. The third-order valence-corrected chi connectivity index (χ3v) is 12.1. The molecule has 4 amide bonds. The first-order chi connectivity index (χ1) is 25.8. The number of ether oxygens (including phenoxy) is 1. The quantitative estimate of drug-likeness (QED) is 0.123. The van der Waals surface area contributed by atoms with Gasteiger partial charge >= 0.3 is 0 Å². The molecule has 3 heterocycles. The normalized spacial score (nSPS) is 22.6. The van der Waals surface area contributed by atoms with Crippen LogP contribution in [0.3, 0.4) is 0 Å². The molecule has 13 nitrogen and oxygen atoms in total. The number of hydrogen-bond acceptors (Lipinski definition) is 9. The number of unbranched alkanes of at least 4 members (excludes halogenated alkanes) is 3. The molecule has 2 saturated carbocycles. The highest BCUT2D eigenvalue weighted by atomic mass is 32.2. The minimum Gasteiger partial charge on any atom is -0.484 e. The summed E-state index contributed by atoms with van der Waals surface area (Å²) in [5, 5.41) is 5.19. The number of furan rings is 1. The number of rotatable bonds is 14. The molecule has 16 heteroatoms. The summed E-state index contributed by atoms with van der Waals surface area (Å²) in [6, 6.07) is 6.60. The molecule has 4 aromatic rings. The zero-order chi connectivity index (χ0) is 38.4. The van der Waals surface area contributed by atoms with Gasteiger partial charge in [0.05, 0.1) is 23.9 Å². The average Bonchev–Trinajstić information content (AvgIpc) is 4.03. The fourth-order valence-electron chi connectivity index (χ4n) is 7.08. The summed E-state index contributed by atoms with van der Waals surface area (Å²) in [5.74, 6) is -4.16. The molecule has 2 aromatic heterocycles. The van der Waals surface area contributed by atoms with Gasteiger partial charge in [-0.15, -0.1) is 0 Å². The first-order valence-electron chi connectivity index (χ1n) is 18.2. The van der Waals surface area contributed by atoms with Gasteiger partial charge in [0.2, 0.25) is 27.7 Å². The molecule has 0 bridgehead atoms. The zero-order valence-corrected chi connectivity index (χ0v) is 30.6. The molecule has 0 spiro atoms. The molecule has 2 aromatic carbocycles. The molecule has 4 atom stereocenters. The SMILES string of the molecule is CCCCC/C=C\[C@@H]1C[C@]1(NC(=O)[C@@H]1C[C@@H](Oc2c3cc(F)ccc3nc3c2oc2ccc(F)cc23)CN1C(=O)CNC(C)=O)C(=O)NS(=O)(=O)C1CC1. The minimum atomic E-state index is -3.94. The van der Waals surface area contributed by atoms with Crippen LogP contribution in [0.5, 0.6) is 5.75 Å². The lowest BCUT2D eigenvalue weighted by Gasteiger charge is -2.26. The Labute approximate surface area is 309 Å². The predicted molar refractivity (Wildman–Crippen MR) is 195 cm³/mol. The third kappa shape index (κ3) is 7.48. The topological polar surface area (TPSA) is 177 Å². The number of fused-ring (bicyclic) bond motifs is 4. The van der Waals surface area contributed by atoms with Gasteiger partial charge in [0, 0.05) is 30.0 Å². The molecule has 3 aliphatic rings. The van der Waals surface area contributed by atoms with Crippen LogP contribution in [0.15, 0.2) is 53.0 Å². The Morgan fingerprint density at radius 2 is 1.81 bits per heavy atom. The summed E-state index contributed by atoms with van der Waals surface area (Å²) in [5.41, 5.74) is -0.563. The first-order valence-corrected chi connectivity index (χ1v) is 19.7. The van der Waals surface area contributed by atoms with Crippen molar-refractivity contribution in [3.05, 3.63) is 60.2 Å². The van der Waals surface area contributed by atoms with Crippen molar-refractivity contribution >= 4 is 66.6 Å².